The molecule has 5 heteroatoms. The Morgan fingerprint density at radius 1 is 1.21 bits per heavy atom. The van der Waals surface area contributed by atoms with Crippen LogP contribution in [-0.2, 0) is 9.59 Å². The summed E-state index contributed by atoms with van der Waals surface area (Å²) in [6.45, 7) is 2.32. The van der Waals surface area contributed by atoms with E-state index in [0.29, 0.717) is 12.3 Å². The van der Waals surface area contributed by atoms with Gasteiger partial charge in [-0.15, -0.1) is 0 Å². The van der Waals surface area contributed by atoms with Crippen LogP contribution in [0.3, 0.4) is 0 Å². The van der Waals surface area contributed by atoms with E-state index in [1.807, 2.05) is 49.4 Å². The van der Waals surface area contributed by atoms with Gasteiger partial charge in [-0.2, -0.15) is 0 Å². The summed E-state index contributed by atoms with van der Waals surface area (Å²) in [7, 11) is 1.59. The number of amides is 2. The first kappa shape index (κ1) is 16.1. The van der Waals surface area contributed by atoms with Gasteiger partial charge in [0.2, 0.25) is 11.8 Å². The number of carbonyl (C=O) groups is 2. The van der Waals surface area contributed by atoms with Gasteiger partial charge in [0.05, 0.1) is 13.0 Å². The highest BCUT2D eigenvalue weighted by molar-refractivity contribution is 6.03. The molecule has 0 aromatic heterocycles. The second-order valence-electron chi connectivity index (χ2n) is 5.91. The molecule has 2 aromatic carbocycles. The molecule has 24 heavy (non-hydrogen) atoms. The van der Waals surface area contributed by atoms with Crippen molar-refractivity contribution in [3.05, 3.63) is 54.1 Å². The number of hydrogen-bond acceptors (Lipinski definition) is 3. The van der Waals surface area contributed by atoms with Crippen molar-refractivity contribution in [1.29, 1.82) is 0 Å². The molecule has 1 atom stereocenters. The van der Waals surface area contributed by atoms with E-state index in [9.17, 15) is 9.59 Å². The van der Waals surface area contributed by atoms with Gasteiger partial charge in [0.1, 0.15) is 5.75 Å². The first-order chi connectivity index (χ1) is 11.6. The van der Waals surface area contributed by atoms with Crippen LogP contribution in [0.4, 0.5) is 11.4 Å². The highest BCUT2D eigenvalue weighted by Crippen LogP contribution is 2.28. The predicted molar refractivity (Wildman–Crippen MR) is 93.3 cm³/mol. The number of rotatable bonds is 4. The molecule has 1 aliphatic rings. The molecule has 0 saturated carbocycles. The number of ether oxygens (including phenoxy) is 1. The number of methoxy groups -OCH3 is 1. The minimum absolute atomic E-state index is 0.0480. The molecule has 0 radical (unpaired) electrons. The van der Waals surface area contributed by atoms with Crippen molar-refractivity contribution in [2.75, 3.05) is 23.9 Å². The summed E-state index contributed by atoms with van der Waals surface area (Å²) in [5, 5.41) is 2.92. The molecule has 1 N–H and O–H groups in total. The van der Waals surface area contributed by atoms with Crippen LogP contribution < -0.4 is 15.0 Å². The number of nitrogens with zero attached hydrogens (tertiary/aromatic N) is 1. The Morgan fingerprint density at radius 3 is 2.75 bits per heavy atom. The van der Waals surface area contributed by atoms with Crippen LogP contribution in [-0.4, -0.2) is 25.5 Å². The molecule has 2 amide bonds. The monoisotopic (exact) mass is 324 g/mol. The molecule has 1 heterocycles. The second-order valence-corrected chi connectivity index (χ2v) is 5.91. The quantitative estimate of drug-likeness (QED) is 0.940. The van der Waals surface area contributed by atoms with Gasteiger partial charge < -0.3 is 15.0 Å². The highest BCUT2D eigenvalue weighted by Gasteiger charge is 2.35. The van der Waals surface area contributed by atoms with Crippen LogP contribution in [0.1, 0.15) is 12.0 Å². The molecule has 0 bridgehead atoms. The Morgan fingerprint density at radius 2 is 2.00 bits per heavy atom. The van der Waals surface area contributed by atoms with Gasteiger partial charge in [0, 0.05) is 30.4 Å². The SMILES string of the molecule is COc1cccc(N2CC(C(=O)Nc3ccccc3C)CC2=O)c1. The van der Waals surface area contributed by atoms with Crippen molar-refractivity contribution < 1.29 is 14.3 Å². The predicted octanol–water partition coefficient (Wildman–Crippen LogP) is 3.00. The zero-order chi connectivity index (χ0) is 17.1. The number of benzene rings is 2. The molecule has 1 saturated heterocycles. The van der Waals surface area contributed by atoms with Crippen LogP contribution in [0, 0.1) is 12.8 Å². The third-order valence-corrected chi connectivity index (χ3v) is 4.26. The minimum atomic E-state index is -0.358. The molecule has 1 aliphatic heterocycles. The summed E-state index contributed by atoms with van der Waals surface area (Å²) in [4.78, 5) is 26.5. The molecule has 1 fully saturated rings. The number of para-hydroxylation sites is 1. The maximum Gasteiger partial charge on any atom is 0.229 e. The average Bonchev–Trinajstić information content (AvgIpc) is 2.99. The third-order valence-electron chi connectivity index (χ3n) is 4.26. The topological polar surface area (TPSA) is 58.6 Å². The van der Waals surface area contributed by atoms with Crippen molar-refractivity contribution in [3.63, 3.8) is 0 Å². The van der Waals surface area contributed by atoms with Crippen LogP contribution in [0.25, 0.3) is 0 Å². The van der Waals surface area contributed by atoms with Crippen LogP contribution in [0.15, 0.2) is 48.5 Å². The first-order valence-electron chi connectivity index (χ1n) is 7.89. The maximum absolute atomic E-state index is 12.5. The summed E-state index contributed by atoms with van der Waals surface area (Å²) in [6, 6.07) is 14.9. The second kappa shape index (κ2) is 6.74. The summed E-state index contributed by atoms with van der Waals surface area (Å²) >= 11 is 0. The minimum Gasteiger partial charge on any atom is -0.497 e. The Kier molecular flexibility index (Phi) is 4.51. The van der Waals surface area contributed by atoms with E-state index in [4.69, 9.17) is 4.74 Å². The Hall–Kier alpha value is -2.82. The van der Waals surface area contributed by atoms with E-state index >= 15 is 0 Å². The van der Waals surface area contributed by atoms with Crippen LogP contribution in [0.5, 0.6) is 5.75 Å². The van der Waals surface area contributed by atoms with Gasteiger partial charge in [-0.3, -0.25) is 9.59 Å². The van der Waals surface area contributed by atoms with Crippen molar-refractivity contribution >= 4 is 23.2 Å². The molecule has 3 rings (SSSR count). The fraction of sp³-hybridized carbons (Fsp3) is 0.263. The molecule has 2 aromatic rings. The standard InChI is InChI=1S/C19H20N2O3/c1-13-6-3-4-9-17(13)20-19(23)14-10-18(22)21(12-14)15-7-5-8-16(11-15)24-2/h3-9,11,14H,10,12H2,1-2H3,(H,20,23). The normalized spacial score (nSPS) is 17.0. The van der Waals surface area contributed by atoms with Crippen LogP contribution in [0.2, 0.25) is 0 Å². The van der Waals surface area contributed by atoms with Crippen molar-refractivity contribution in [2.45, 2.75) is 13.3 Å². The van der Waals surface area contributed by atoms with Crippen molar-refractivity contribution in [2.24, 2.45) is 5.92 Å². The lowest BCUT2D eigenvalue weighted by atomic mass is 10.1. The fourth-order valence-corrected chi connectivity index (χ4v) is 2.86. The lowest BCUT2D eigenvalue weighted by Crippen LogP contribution is -2.28. The fourth-order valence-electron chi connectivity index (χ4n) is 2.86. The van der Waals surface area contributed by atoms with Gasteiger partial charge in [-0.1, -0.05) is 24.3 Å². The van der Waals surface area contributed by atoms with Gasteiger partial charge in [-0.25, -0.2) is 0 Å². The molecular formula is C19H20N2O3. The lowest BCUT2D eigenvalue weighted by molar-refractivity contribution is -0.122. The van der Waals surface area contributed by atoms with Crippen molar-refractivity contribution in [3.8, 4) is 5.75 Å². The smallest absolute Gasteiger partial charge is 0.229 e. The van der Waals surface area contributed by atoms with E-state index in [1.165, 1.54) is 0 Å². The van der Waals surface area contributed by atoms with E-state index in [-0.39, 0.29) is 24.2 Å². The molecule has 1 unspecified atom stereocenters. The zero-order valence-corrected chi connectivity index (χ0v) is 13.8. The van der Waals surface area contributed by atoms with Gasteiger partial charge in [0.25, 0.3) is 0 Å². The average molecular weight is 324 g/mol. The first-order valence-corrected chi connectivity index (χ1v) is 7.89. The third kappa shape index (κ3) is 3.25. The van der Waals surface area contributed by atoms with E-state index in [2.05, 4.69) is 5.32 Å². The number of carbonyl (C=O) groups excluding carboxylic acids is 2. The summed E-state index contributed by atoms with van der Waals surface area (Å²) in [5.41, 5.74) is 2.54. The molecule has 0 spiro atoms. The summed E-state index contributed by atoms with van der Waals surface area (Å²) < 4.78 is 5.20. The molecule has 5 nitrogen and oxygen atoms in total. The van der Waals surface area contributed by atoms with E-state index < -0.39 is 0 Å². The van der Waals surface area contributed by atoms with Gasteiger partial charge in [-0.05, 0) is 30.7 Å². The Balaban J connectivity index is 1.72. The summed E-state index contributed by atoms with van der Waals surface area (Å²) in [5.74, 6) is 0.160. The molecule has 124 valence electrons. The summed E-state index contributed by atoms with van der Waals surface area (Å²) in [6.07, 6.45) is 0.217. The number of aryl methyl sites for hydroxylation is 1. The van der Waals surface area contributed by atoms with Gasteiger partial charge >= 0.3 is 0 Å². The zero-order valence-electron chi connectivity index (χ0n) is 13.8. The maximum atomic E-state index is 12.5. The Labute approximate surface area is 141 Å². The highest BCUT2D eigenvalue weighted by atomic mass is 16.5. The largest absolute Gasteiger partial charge is 0.497 e. The number of anilines is 2. The van der Waals surface area contributed by atoms with Gasteiger partial charge in [0.15, 0.2) is 0 Å². The number of nitrogens with one attached hydrogen (secondary N) is 1. The van der Waals surface area contributed by atoms with Crippen LogP contribution >= 0.6 is 0 Å². The van der Waals surface area contributed by atoms with E-state index in [1.54, 1.807) is 18.1 Å². The van der Waals surface area contributed by atoms with E-state index in [0.717, 1.165) is 16.9 Å². The lowest BCUT2D eigenvalue weighted by Gasteiger charge is -2.17. The molecular weight excluding hydrogens is 304 g/mol. The Bertz CT molecular complexity index is 773. The molecule has 0 aliphatic carbocycles. The van der Waals surface area contributed by atoms with Crippen molar-refractivity contribution in [1.82, 2.24) is 0 Å². The number of hydrogen-bond donors (Lipinski definition) is 1.